The normalized spacial score (nSPS) is 19.9. The van der Waals surface area contributed by atoms with Gasteiger partial charge in [-0.25, -0.2) is 0 Å². The monoisotopic (exact) mass is 269 g/mol. The van der Waals surface area contributed by atoms with E-state index in [0.29, 0.717) is 6.42 Å². The molecule has 1 aromatic heterocycles. The van der Waals surface area contributed by atoms with Gasteiger partial charge in [0.05, 0.1) is 5.60 Å². The third-order valence-electron chi connectivity index (χ3n) is 2.78. The summed E-state index contributed by atoms with van der Waals surface area (Å²) in [5.41, 5.74) is 0.367. The molecule has 0 aliphatic heterocycles. The van der Waals surface area contributed by atoms with Crippen molar-refractivity contribution in [2.45, 2.75) is 38.2 Å². The second kappa shape index (κ2) is 4.22. The van der Waals surface area contributed by atoms with Crippen molar-refractivity contribution in [2.75, 3.05) is 0 Å². The molecule has 1 heterocycles. The van der Waals surface area contributed by atoms with Gasteiger partial charge in [-0.2, -0.15) is 0 Å². The molecule has 0 aromatic carbocycles. The van der Waals surface area contributed by atoms with E-state index in [1.807, 2.05) is 19.1 Å². The first-order valence-corrected chi connectivity index (χ1v) is 6.17. The molecule has 1 saturated carbocycles. The fourth-order valence-corrected chi connectivity index (χ4v) is 2.15. The molecule has 0 spiro atoms. The second-order valence-electron chi connectivity index (χ2n) is 4.79. The van der Waals surface area contributed by atoms with E-state index >= 15 is 0 Å². The maximum absolute atomic E-state index is 10.2. The molecule has 0 bridgehead atoms. The van der Waals surface area contributed by atoms with Gasteiger partial charge in [-0.05, 0) is 47.3 Å². The molecule has 1 aromatic rings. The lowest BCUT2D eigenvalue weighted by atomic mass is 9.93. The summed E-state index contributed by atoms with van der Waals surface area (Å²) >= 11 is 3.35. The first kappa shape index (κ1) is 11.1. The number of aromatic nitrogens is 1. The van der Waals surface area contributed by atoms with E-state index in [2.05, 4.69) is 20.9 Å². The minimum atomic E-state index is -0.595. The zero-order chi connectivity index (χ0) is 10.9. The first-order valence-electron chi connectivity index (χ1n) is 5.38. The lowest BCUT2D eigenvalue weighted by Gasteiger charge is -2.22. The van der Waals surface area contributed by atoms with Crippen LogP contribution in [0, 0.1) is 5.92 Å². The predicted molar refractivity (Wildman–Crippen MR) is 63.6 cm³/mol. The van der Waals surface area contributed by atoms with E-state index in [1.54, 1.807) is 6.20 Å². The summed E-state index contributed by atoms with van der Waals surface area (Å²) in [7, 11) is 0. The van der Waals surface area contributed by atoms with Gasteiger partial charge >= 0.3 is 0 Å². The predicted octanol–water partition coefficient (Wildman–Crippen LogP) is 2.94. The van der Waals surface area contributed by atoms with E-state index in [0.717, 1.165) is 22.5 Å². The van der Waals surface area contributed by atoms with Crippen LogP contribution in [0.5, 0.6) is 0 Å². The summed E-state index contributed by atoms with van der Waals surface area (Å²) in [5, 5.41) is 10.2. The molecule has 1 atom stereocenters. The van der Waals surface area contributed by atoms with Crippen molar-refractivity contribution in [1.82, 2.24) is 4.98 Å². The SMILES string of the molecule is CC(O)(Cc1ccc(Br)cn1)CC1CC1. The summed E-state index contributed by atoms with van der Waals surface area (Å²) in [4.78, 5) is 4.28. The summed E-state index contributed by atoms with van der Waals surface area (Å²) in [6.45, 7) is 1.91. The number of hydrogen-bond donors (Lipinski definition) is 1. The molecule has 1 aliphatic carbocycles. The Hall–Kier alpha value is -0.410. The van der Waals surface area contributed by atoms with Gasteiger partial charge in [0, 0.05) is 22.8 Å². The molecule has 3 heteroatoms. The fraction of sp³-hybridized carbons (Fsp3) is 0.583. The van der Waals surface area contributed by atoms with Crippen LogP contribution in [-0.2, 0) is 6.42 Å². The van der Waals surface area contributed by atoms with Gasteiger partial charge in [0.2, 0.25) is 0 Å². The Labute approximate surface area is 98.9 Å². The Morgan fingerprint density at radius 2 is 2.27 bits per heavy atom. The highest BCUT2D eigenvalue weighted by molar-refractivity contribution is 9.10. The lowest BCUT2D eigenvalue weighted by Crippen LogP contribution is -2.28. The van der Waals surface area contributed by atoms with Crippen LogP contribution in [0.3, 0.4) is 0 Å². The minimum Gasteiger partial charge on any atom is -0.390 e. The second-order valence-corrected chi connectivity index (χ2v) is 5.70. The summed E-state index contributed by atoms with van der Waals surface area (Å²) < 4.78 is 0.980. The number of rotatable bonds is 4. The summed E-state index contributed by atoms with van der Waals surface area (Å²) in [5.74, 6) is 0.746. The molecular weight excluding hydrogens is 254 g/mol. The molecule has 1 fully saturated rings. The van der Waals surface area contributed by atoms with E-state index in [-0.39, 0.29) is 0 Å². The van der Waals surface area contributed by atoms with Crippen molar-refractivity contribution >= 4 is 15.9 Å². The number of nitrogens with zero attached hydrogens (tertiary/aromatic N) is 1. The fourth-order valence-electron chi connectivity index (χ4n) is 1.92. The van der Waals surface area contributed by atoms with Crippen molar-refractivity contribution < 1.29 is 5.11 Å². The molecule has 0 radical (unpaired) electrons. The quantitative estimate of drug-likeness (QED) is 0.912. The molecule has 15 heavy (non-hydrogen) atoms. The third kappa shape index (κ3) is 3.58. The standard InChI is InChI=1S/C12H16BrNO/c1-12(15,6-9-2-3-9)7-11-5-4-10(13)8-14-11/h4-5,8-9,15H,2-3,6-7H2,1H3. The van der Waals surface area contributed by atoms with Gasteiger partial charge in [-0.3, -0.25) is 4.98 Å². The average Bonchev–Trinajstić information content (AvgIpc) is 2.91. The number of hydrogen-bond acceptors (Lipinski definition) is 2. The number of halogens is 1. The van der Waals surface area contributed by atoms with Gasteiger partial charge in [0.1, 0.15) is 0 Å². The molecule has 0 amide bonds. The van der Waals surface area contributed by atoms with Crippen LogP contribution in [0.1, 0.15) is 31.9 Å². The number of aliphatic hydroxyl groups is 1. The Balaban J connectivity index is 1.96. The topological polar surface area (TPSA) is 33.1 Å². The maximum Gasteiger partial charge on any atom is 0.0677 e. The highest BCUT2D eigenvalue weighted by Gasteiger charge is 2.31. The molecule has 1 unspecified atom stereocenters. The van der Waals surface area contributed by atoms with Crippen LogP contribution < -0.4 is 0 Å². The molecular formula is C12H16BrNO. The van der Waals surface area contributed by atoms with Gasteiger partial charge in [-0.15, -0.1) is 0 Å². The largest absolute Gasteiger partial charge is 0.390 e. The summed E-state index contributed by atoms with van der Waals surface area (Å²) in [6.07, 6.45) is 5.90. The van der Waals surface area contributed by atoms with Crippen LogP contribution in [-0.4, -0.2) is 15.7 Å². The molecule has 0 saturated heterocycles. The van der Waals surface area contributed by atoms with E-state index in [4.69, 9.17) is 0 Å². The highest BCUT2D eigenvalue weighted by Crippen LogP contribution is 2.37. The van der Waals surface area contributed by atoms with Crippen molar-refractivity contribution in [3.8, 4) is 0 Å². The van der Waals surface area contributed by atoms with Crippen LogP contribution in [0.15, 0.2) is 22.8 Å². The van der Waals surface area contributed by atoms with Crippen LogP contribution in [0.4, 0.5) is 0 Å². The van der Waals surface area contributed by atoms with E-state index in [9.17, 15) is 5.11 Å². The Bertz CT molecular complexity index is 330. The molecule has 82 valence electrons. The van der Waals surface area contributed by atoms with E-state index in [1.165, 1.54) is 12.8 Å². The molecule has 2 nitrogen and oxygen atoms in total. The van der Waals surface area contributed by atoms with Crippen molar-refractivity contribution in [2.24, 2.45) is 5.92 Å². The van der Waals surface area contributed by atoms with Crippen molar-refractivity contribution in [3.05, 3.63) is 28.5 Å². The van der Waals surface area contributed by atoms with Crippen LogP contribution in [0.2, 0.25) is 0 Å². The number of pyridine rings is 1. The van der Waals surface area contributed by atoms with Gasteiger partial charge in [0.25, 0.3) is 0 Å². The van der Waals surface area contributed by atoms with Gasteiger partial charge < -0.3 is 5.11 Å². The van der Waals surface area contributed by atoms with Crippen molar-refractivity contribution in [1.29, 1.82) is 0 Å². The smallest absolute Gasteiger partial charge is 0.0677 e. The maximum atomic E-state index is 10.2. The van der Waals surface area contributed by atoms with Gasteiger partial charge in [-0.1, -0.05) is 12.8 Å². The van der Waals surface area contributed by atoms with E-state index < -0.39 is 5.60 Å². The third-order valence-corrected chi connectivity index (χ3v) is 3.25. The Morgan fingerprint density at radius 3 is 2.80 bits per heavy atom. The average molecular weight is 270 g/mol. The highest BCUT2D eigenvalue weighted by atomic mass is 79.9. The Morgan fingerprint density at radius 1 is 1.53 bits per heavy atom. The van der Waals surface area contributed by atoms with Gasteiger partial charge in [0.15, 0.2) is 0 Å². The summed E-state index contributed by atoms with van der Waals surface area (Å²) in [6, 6.07) is 3.93. The first-order chi connectivity index (χ1) is 7.05. The van der Waals surface area contributed by atoms with Crippen LogP contribution >= 0.6 is 15.9 Å². The van der Waals surface area contributed by atoms with Crippen LogP contribution in [0.25, 0.3) is 0 Å². The lowest BCUT2D eigenvalue weighted by molar-refractivity contribution is 0.0446. The minimum absolute atomic E-state index is 0.595. The molecule has 2 rings (SSSR count). The zero-order valence-electron chi connectivity index (χ0n) is 8.91. The molecule has 1 N–H and O–H groups in total. The van der Waals surface area contributed by atoms with Crippen molar-refractivity contribution in [3.63, 3.8) is 0 Å². The Kier molecular flexibility index (Phi) is 3.12. The zero-order valence-corrected chi connectivity index (χ0v) is 10.5. The molecule has 1 aliphatic rings.